The number of nitrogens with two attached hydrogens (primary N) is 1. The summed E-state index contributed by atoms with van der Waals surface area (Å²) in [6, 6.07) is 8.42. The van der Waals surface area contributed by atoms with Gasteiger partial charge in [0.1, 0.15) is 0 Å². The van der Waals surface area contributed by atoms with Crippen LogP contribution in [0.25, 0.3) is 0 Å². The fraction of sp³-hybridized carbons (Fsp3) is 0.0833. The van der Waals surface area contributed by atoms with E-state index < -0.39 is 20.5 Å². The summed E-state index contributed by atoms with van der Waals surface area (Å²) in [6.07, 6.45) is 1.33. The Labute approximate surface area is 115 Å². The number of nitro groups is 1. The van der Waals surface area contributed by atoms with Gasteiger partial charge in [0.25, 0.3) is 5.69 Å². The number of nitrogens with zero attached hydrogens (tertiary/aromatic N) is 2. The number of aromatic nitrogens is 1. The lowest BCUT2D eigenvalue weighted by molar-refractivity contribution is -0.384. The molecule has 0 aliphatic heterocycles. The third-order valence-electron chi connectivity index (χ3n) is 2.57. The molecule has 104 valence electrons. The molecule has 8 heteroatoms. The standard InChI is InChI=1S/C12H11N3O4S/c13-11-5-2-6-14-12(11)20(18,19)8-9-3-1-4-10(7-9)15(16)17/h1-7H,8,13H2. The smallest absolute Gasteiger partial charge is 0.269 e. The normalized spacial score (nSPS) is 11.2. The molecular formula is C12H11N3O4S. The van der Waals surface area contributed by atoms with Crippen molar-refractivity contribution in [2.45, 2.75) is 10.8 Å². The summed E-state index contributed by atoms with van der Waals surface area (Å²) >= 11 is 0. The van der Waals surface area contributed by atoms with E-state index in [4.69, 9.17) is 5.73 Å². The molecule has 0 aliphatic carbocycles. The number of hydrogen-bond acceptors (Lipinski definition) is 6. The van der Waals surface area contributed by atoms with Crippen LogP contribution >= 0.6 is 0 Å². The van der Waals surface area contributed by atoms with Gasteiger partial charge in [-0.05, 0) is 17.7 Å². The Morgan fingerprint density at radius 2 is 2.00 bits per heavy atom. The van der Waals surface area contributed by atoms with Gasteiger partial charge < -0.3 is 5.73 Å². The highest BCUT2D eigenvalue weighted by molar-refractivity contribution is 7.90. The summed E-state index contributed by atoms with van der Waals surface area (Å²) in [5, 5.41) is 10.5. The highest BCUT2D eigenvalue weighted by Crippen LogP contribution is 2.21. The van der Waals surface area contributed by atoms with Gasteiger partial charge in [-0.25, -0.2) is 13.4 Å². The van der Waals surface area contributed by atoms with Crippen LogP contribution < -0.4 is 5.73 Å². The SMILES string of the molecule is Nc1cccnc1S(=O)(=O)Cc1cccc([N+](=O)[O-])c1. The zero-order chi connectivity index (χ0) is 14.8. The van der Waals surface area contributed by atoms with Crippen molar-refractivity contribution in [2.75, 3.05) is 5.73 Å². The summed E-state index contributed by atoms with van der Waals surface area (Å²) in [5.74, 6) is -0.393. The first-order chi connectivity index (χ1) is 9.40. The second-order valence-electron chi connectivity index (χ2n) is 4.08. The molecule has 0 saturated carbocycles. The summed E-state index contributed by atoms with van der Waals surface area (Å²) in [7, 11) is -3.75. The van der Waals surface area contributed by atoms with Gasteiger partial charge >= 0.3 is 0 Å². The number of nitro benzene ring substituents is 1. The van der Waals surface area contributed by atoms with E-state index in [-0.39, 0.29) is 16.4 Å². The number of nitrogen functional groups attached to an aromatic ring is 1. The van der Waals surface area contributed by atoms with E-state index in [1.807, 2.05) is 0 Å². The molecule has 20 heavy (non-hydrogen) atoms. The van der Waals surface area contributed by atoms with E-state index in [1.54, 1.807) is 0 Å². The molecule has 1 aromatic heterocycles. The molecule has 0 atom stereocenters. The first kappa shape index (κ1) is 13.9. The van der Waals surface area contributed by atoms with Crippen molar-refractivity contribution in [2.24, 2.45) is 0 Å². The van der Waals surface area contributed by atoms with E-state index in [0.717, 1.165) is 0 Å². The maximum absolute atomic E-state index is 12.2. The van der Waals surface area contributed by atoms with Crippen molar-refractivity contribution in [3.8, 4) is 0 Å². The molecule has 0 spiro atoms. The Hall–Kier alpha value is -2.48. The zero-order valence-corrected chi connectivity index (χ0v) is 11.1. The molecule has 2 aromatic rings. The molecule has 7 nitrogen and oxygen atoms in total. The van der Waals surface area contributed by atoms with Crippen LogP contribution in [0.5, 0.6) is 0 Å². The van der Waals surface area contributed by atoms with Crippen LogP contribution in [0.3, 0.4) is 0 Å². The molecule has 0 bridgehead atoms. The van der Waals surface area contributed by atoms with Crippen molar-refractivity contribution < 1.29 is 13.3 Å². The van der Waals surface area contributed by atoms with Crippen molar-refractivity contribution >= 4 is 21.2 Å². The highest BCUT2D eigenvalue weighted by atomic mass is 32.2. The molecule has 2 rings (SSSR count). The third-order valence-corrected chi connectivity index (χ3v) is 4.22. The molecule has 0 aliphatic rings. The minimum atomic E-state index is -3.75. The van der Waals surface area contributed by atoms with Crippen LogP contribution in [0.2, 0.25) is 0 Å². The molecule has 2 N–H and O–H groups in total. The van der Waals surface area contributed by atoms with Crippen molar-refractivity contribution in [3.05, 3.63) is 58.3 Å². The molecule has 0 fully saturated rings. The first-order valence-electron chi connectivity index (χ1n) is 5.57. The van der Waals surface area contributed by atoms with E-state index in [0.29, 0.717) is 5.56 Å². The largest absolute Gasteiger partial charge is 0.396 e. The lowest BCUT2D eigenvalue weighted by Crippen LogP contribution is -2.10. The predicted octanol–water partition coefficient (Wildman–Crippen LogP) is 1.55. The maximum atomic E-state index is 12.2. The van der Waals surface area contributed by atoms with Gasteiger partial charge in [-0.1, -0.05) is 12.1 Å². The molecule has 0 radical (unpaired) electrons. The average Bonchev–Trinajstić information content (AvgIpc) is 2.38. The fourth-order valence-electron chi connectivity index (χ4n) is 1.71. The number of anilines is 1. The van der Waals surface area contributed by atoms with Crippen LogP contribution in [0, 0.1) is 10.1 Å². The topological polar surface area (TPSA) is 116 Å². The number of hydrogen-bond donors (Lipinski definition) is 1. The number of sulfone groups is 1. The maximum Gasteiger partial charge on any atom is 0.269 e. The van der Waals surface area contributed by atoms with Gasteiger partial charge in [0, 0.05) is 18.3 Å². The van der Waals surface area contributed by atoms with Crippen LogP contribution in [0.4, 0.5) is 11.4 Å². The monoisotopic (exact) mass is 293 g/mol. The summed E-state index contributed by atoms with van der Waals surface area (Å²) in [5.41, 5.74) is 5.79. The minimum Gasteiger partial charge on any atom is -0.396 e. The third kappa shape index (κ3) is 2.91. The molecule has 0 unspecified atom stereocenters. The van der Waals surface area contributed by atoms with Crippen LogP contribution in [0.15, 0.2) is 47.6 Å². The van der Waals surface area contributed by atoms with Crippen molar-refractivity contribution in [3.63, 3.8) is 0 Å². The Morgan fingerprint density at radius 1 is 1.25 bits per heavy atom. The van der Waals surface area contributed by atoms with Gasteiger partial charge in [-0.2, -0.15) is 0 Å². The van der Waals surface area contributed by atoms with Gasteiger partial charge in [0.05, 0.1) is 16.4 Å². The number of benzene rings is 1. The molecule has 1 aromatic carbocycles. The average molecular weight is 293 g/mol. The van der Waals surface area contributed by atoms with Gasteiger partial charge in [0.15, 0.2) is 5.03 Å². The van der Waals surface area contributed by atoms with Crippen LogP contribution in [-0.2, 0) is 15.6 Å². The van der Waals surface area contributed by atoms with Crippen molar-refractivity contribution in [1.82, 2.24) is 4.98 Å². The summed E-state index contributed by atoms with van der Waals surface area (Å²) in [6.45, 7) is 0. The molecule has 0 saturated heterocycles. The highest BCUT2D eigenvalue weighted by Gasteiger charge is 2.20. The van der Waals surface area contributed by atoms with Gasteiger partial charge in [-0.3, -0.25) is 10.1 Å². The number of rotatable bonds is 4. The summed E-state index contributed by atoms with van der Waals surface area (Å²) < 4.78 is 24.4. The van der Waals surface area contributed by atoms with E-state index >= 15 is 0 Å². The quantitative estimate of drug-likeness (QED) is 0.675. The van der Waals surface area contributed by atoms with Crippen LogP contribution in [0.1, 0.15) is 5.56 Å². The second-order valence-corrected chi connectivity index (χ2v) is 5.99. The zero-order valence-electron chi connectivity index (χ0n) is 10.3. The predicted molar refractivity (Wildman–Crippen MR) is 72.6 cm³/mol. The van der Waals surface area contributed by atoms with Crippen LogP contribution in [-0.4, -0.2) is 18.3 Å². The number of non-ortho nitro benzene ring substituents is 1. The second kappa shape index (κ2) is 5.25. The summed E-state index contributed by atoms with van der Waals surface area (Å²) in [4.78, 5) is 13.8. The Kier molecular flexibility index (Phi) is 3.66. The molecule has 0 amide bonds. The Morgan fingerprint density at radius 3 is 2.65 bits per heavy atom. The van der Waals surface area contributed by atoms with E-state index in [9.17, 15) is 18.5 Å². The molecule has 1 heterocycles. The van der Waals surface area contributed by atoms with E-state index in [2.05, 4.69) is 4.98 Å². The Balaban J connectivity index is 2.36. The van der Waals surface area contributed by atoms with Gasteiger partial charge in [-0.15, -0.1) is 0 Å². The molecular weight excluding hydrogens is 282 g/mol. The Bertz CT molecular complexity index is 759. The first-order valence-corrected chi connectivity index (χ1v) is 7.22. The van der Waals surface area contributed by atoms with Gasteiger partial charge in [0.2, 0.25) is 9.84 Å². The number of pyridine rings is 1. The van der Waals surface area contributed by atoms with E-state index in [1.165, 1.54) is 42.6 Å². The van der Waals surface area contributed by atoms with Crippen molar-refractivity contribution in [1.29, 1.82) is 0 Å². The minimum absolute atomic E-state index is 0.0536. The lowest BCUT2D eigenvalue weighted by Gasteiger charge is -2.06. The lowest BCUT2D eigenvalue weighted by atomic mass is 10.2. The fourth-order valence-corrected chi connectivity index (χ4v) is 3.11.